The summed E-state index contributed by atoms with van der Waals surface area (Å²) >= 11 is 0. The number of fused-ring (bicyclic) bond motifs is 1. The van der Waals surface area contributed by atoms with Crippen LogP contribution in [0.3, 0.4) is 0 Å². The zero-order chi connectivity index (χ0) is 10.5. The highest BCUT2D eigenvalue weighted by molar-refractivity contribution is 5.82. The van der Waals surface area contributed by atoms with E-state index >= 15 is 0 Å². The second kappa shape index (κ2) is 4.52. The quantitative estimate of drug-likeness (QED) is 0.669. The summed E-state index contributed by atoms with van der Waals surface area (Å²) in [5.74, 6) is 2.70. The van der Waals surface area contributed by atoms with E-state index in [-0.39, 0.29) is 0 Å². The van der Waals surface area contributed by atoms with Gasteiger partial charge in [0.05, 0.1) is 0 Å². The lowest BCUT2D eigenvalue weighted by Gasteiger charge is -2.01. The molecule has 0 spiro atoms. The van der Waals surface area contributed by atoms with E-state index in [0.29, 0.717) is 6.61 Å². The van der Waals surface area contributed by atoms with Gasteiger partial charge in [-0.15, -0.1) is 0 Å². The van der Waals surface area contributed by atoms with Crippen molar-refractivity contribution >= 4 is 10.8 Å². The first kappa shape index (κ1) is 9.61. The van der Waals surface area contributed by atoms with Crippen molar-refractivity contribution in [1.82, 2.24) is 0 Å². The minimum absolute atomic E-state index is 0.547. The Bertz CT molecular complexity index is 517. The molecule has 0 saturated heterocycles. The summed E-state index contributed by atoms with van der Waals surface area (Å²) in [7, 11) is 0. The van der Waals surface area contributed by atoms with Crippen LogP contribution in [-0.4, -0.2) is 0 Å². The van der Waals surface area contributed by atoms with Gasteiger partial charge in [0.25, 0.3) is 0 Å². The molecule has 2 aromatic rings. The fourth-order valence-electron chi connectivity index (χ4n) is 1.52. The molecule has 0 saturated carbocycles. The lowest BCUT2D eigenvalue weighted by atomic mass is 10.1. The van der Waals surface area contributed by atoms with Crippen molar-refractivity contribution in [3.05, 3.63) is 48.0 Å². The average Bonchev–Trinajstić information content (AvgIpc) is 2.29. The Kier molecular flexibility index (Phi) is 2.90. The van der Waals surface area contributed by atoms with Crippen LogP contribution in [0, 0.1) is 12.0 Å². The van der Waals surface area contributed by atoms with Gasteiger partial charge >= 0.3 is 0 Å². The number of ether oxygens (including phenoxy) is 1. The van der Waals surface area contributed by atoms with E-state index in [1.54, 1.807) is 6.92 Å². The molecule has 0 atom stereocenters. The number of rotatable bonds is 2. The van der Waals surface area contributed by atoms with Gasteiger partial charge in [-0.05, 0) is 22.4 Å². The zero-order valence-corrected chi connectivity index (χ0v) is 8.66. The summed E-state index contributed by atoms with van der Waals surface area (Å²) in [6.07, 6.45) is 2.59. The van der Waals surface area contributed by atoms with E-state index in [0.717, 1.165) is 5.56 Å². The Hall–Kier alpha value is -1.94. The summed E-state index contributed by atoms with van der Waals surface area (Å²) in [5, 5.41) is 2.49. The third-order valence-corrected chi connectivity index (χ3v) is 2.23. The SMILES string of the molecule is CC#COCc1ccc2ccccc2c1. The monoisotopic (exact) mass is 196 g/mol. The molecule has 1 heteroatoms. The van der Waals surface area contributed by atoms with Crippen molar-refractivity contribution in [2.24, 2.45) is 0 Å². The first-order chi connectivity index (χ1) is 7.40. The summed E-state index contributed by atoms with van der Waals surface area (Å²) in [5.41, 5.74) is 1.15. The van der Waals surface area contributed by atoms with E-state index in [9.17, 15) is 0 Å². The maximum Gasteiger partial charge on any atom is 0.125 e. The van der Waals surface area contributed by atoms with Gasteiger partial charge in [0.2, 0.25) is 0 Å². The standard InChI is InChI=1S/C14H12O/c1-2-9-15-11-12-7-8-13-5-3-4-6-14(13)10-12/h3-8,10H,11H2,1H3. The molecule has 0 heterocycles. The van der Waals surface area contributed by atoms with Gasteiger partial charge in [-0.3, -0.25) is 0 Å². The molecule has 0 N–H and O–H groups in total. The molecule has 0 aromatic heterocycles. The van der Waals surface area contributed by atoms with Crippen LogP contribution >= 0.6 is 0 Å². The third-order valence-electron chi connectivity index (χ3n) is 2.23. The van der Waals surface area contributed by atoms with Crippen molar-refractivity contribution in [1.29, 1.82) is 0 Å². The topological polar surface area (TPSA) is 9.23 Å². The molecule has 0 aliphatic rings. The van der Waals surface area contributed by atoms with Crippen LogP contribution in [-0.2, 0) is 11.3 Å². The first-order valence-electron chi connectivity index (χ1n) is 4.91. The fraction of sp³-hybridized carbons (Fsp3) is 0.143. The predicted molar refractivity (Wildman–Crippen MR) is 62.2 cm³/mol. The molecule has 0 fully saturated rings. The lowest BCUT2D eigenvalue weighted by Crippen LogP contribution is -1.86. The predicted octanol–water partition coefficient (Wildman–Crippen LogP) is 3.34. The zero-order valence-electron chi connectivity index (χ0n) is 8.66. The lowest BCUT2D eigenvalue weighted by molar-refractivity contribution is 0.265. The molecule has 0 radical (unpaired) electrons. The molecule has 0 aliphatic heterocycles. The highest BCUT2D eigenvalue weighted by atomic mass is 16.5. The first-order valence-corrected chi connectivity index (χ1v) is 4.91. The normalized spacial score (nSPS) is 9.40. The minimum atomic E-state index is 0.547. The Balaban J connectivity index is 2.25. The van der Waals surface area contributed by atoms with Gasteiger partial charge in [-0.1, -0.05) is 42.3 Å². The molecule has 0 amide bonds. The van der Waals surface area contributed by atoms with Crippen molar-refractivity contribution in [2.75, 3.05) is 0 Å². The molecule has 0 aliphatic carbocycles. The second-order valence-corrected chi connectivity index (χ2v) is 3.32. The summed E-state index contributed by atoms with van der Waals surface area (Å²) in [4.78, 5) is 0. The Morgan fingerprint density at radius 2 is 1.87 bits per heavy atom. The molecule has 1 nitrogen and oxygen atoms in total. The van der Waals surface area contributed by atoms with Crippen molar-refractivity contribution < 1.29 is 4.74 Å². The van der Waals surface area contributed by atoms with E-state index in [1.807, 2.05) is 12.1 Å². The highest BCUT2D eigenvalue weighted by Gasteiger charge is 1.95. The van der Waals surface area contributed by atoms with Crippen molar-refractivity contribution in [3.8, 4) is 12.0 Å². The fourth-order valence-corrected chi connectivity index (χ4v) is 1.52. The van der Waals surface area contributed by atoms with Crippen molar-refractivity contribution in [2.45, 2.75) is 13.5 Å². The maximum atomic E-state index is 5.16. The average molecular weight is 196 g/mol. The van der Waals surface area contributed by atoms with Crippen molar-refractivity contribution in [3.63, 3.8) is 0 Å². The van der Waals surface area contributed by atoms with Gasteiger partial charge in [-0.2, -0.15) is 0 Å². The maximum absolute atomic E-state index is 5.16. The van der Waals surface area contributed by atoms with Crippen LogP contribution in [0.1, 0.15) is 12.5 Å². The van der Waals surface area contributed by atoms with Crippen LogP contribution in [0.15, 0.2) is 42.5 Å². The van der Waals surface area contributed by atoms with Crippen LogP contribution < -0.4 is 0 Å². The Labute approximate surface area is 89.7 Å². The molecule has 2 aromatic carbocycles. The summed E-state index contributed by atoms with van der Waals surface area (Å²) in [6.45, 7) is 2.31. The minimum Gasteiger partial charge on any atom is -0.442 e. The van der Waals surface area contributed by atoms with Gasteiger partial charge in [0.1, 0.15) is 12.7 Å². The van der Waals surface area contributed by atoms with E-state index in [2.05, 4.69) is 42.4 Å². The molecule has 0 unspecified atom stereocenters. The van der Waals surface area contributed by atoms with Crippen LogP contribution in [0.4, 0.5) is 0 Å². The number of hydrogen-bond donors (Lipinski definition) is 0. The molecule has 15 heavy (non-hydrogen) atoms. The van der Waals surface area contributed by atoms with Gasteiger partial charge in [0, 0.05) is 6.92 Å². The molecule has 74 valence electrons. The summed E-state index contributed by atoms with van der Waals surface area (Å²) < 4.78 is 5.16. The van der Waals surface area contributed by atoms with Crippen LogP contribution in [0.5, 0.6) is 0 Å². The molecule has 0 bridgehead atoms. The van der Waals surface area contributed by atoms with Crippen LogP contribution in [0.2, 0.25) is 0 Å². The van der Waals surface area contributed by atoms with Gasteiger partial charge in [-0.25, -0.2) is 0 Å². The number of hydrogen-bond acceptors (Lipinski definition) is 1. The smallest absolute Gasteiger partial charge is 0.125 e. The van der Waals surface area contributed by atoms with Gasteiger partial charge in [0.15, 0.2) is 0 Å². The second-order valence-electron chi connectivity index (χ2n) is 3.32. The largest absolute Gasteiger partial charge is 0.442 e. The third kappa shape index (κ3) is 2.30. The van der Waals surface area contributed by atoms with Gasteiger partial charge < -0.3 is 4.74 Å². The van der Waals surface area contributed by atoms with E-state index in [1.165, 1.54) is 10.8 Å². The van der Waals surface area contributed by atoms with E-state index in [4.69, 9.17) is 4.74 Å². The Morgan fingerprint density at radius 1 is 1.07 bits per heavy atom. The molecular formula is C14H12O. The Morgan fingerprint density at radius 3 is 2.67 bits per heavy atom. The highest BCUT2D eigenvalue weighted by Crippen LogP contribution is 2.15. The van der Waals surface area contributed by atoms with E-state index < -0.39 is 0 Å². The number of benzene rings is 2. The van der Waals surface area contributed by atoms with Crippen LogP contribution in [0.25, 0.3) is 10.8 Å². The summed E-state index contributed by atoms with van der Waals surface area (Å²) in [6, 6.07) is 14.6. The molecule has 2 rings (SSSR count). The molecular weight excluding hydrogens is 184 g/mol.